The van der Waals surface area contributed by atoms with Crippen LogP contribution in [-0.4, -0.2) is 36.2 Å². The van der Waals surface area contributed by atoms with Crippen molar-refractivity contribution in [3.8, 4) is 5.75 Å². The van der Waals surface area contributed by atoms with Crippen LogP contribution in [0.2, 0.25) is 0 Å². The molecule has 108 valence electrons. The second-order valence-electron chi connectivity index (χ2n) is 4.45. The number of aliphatic hydroxyl groups is 1. The first-order valence-corrected chi connectivity index (χ1v) is 6.44. The van der Waals surface area contributed by atoms with Crippen LogP contribution in [0.25, 0.3) is 0 Å². The molecule has 1 aromatic rings. The number of nitrogens with zero attached hydrogens (tertiary/aromatic N) is 1. The van der Waals surface area contributed by atoms with Gasteiger partial charge in [-0.3, -0.25) is 14.5 Å². The number of benzene rings is 1. The van der Waals surface area contributed by atoms with E-state index in [0.29, 0.717) is 17.0 Å². The van der Waals surface area contributed by atoms with Crippen LogP contribution in [0.5, 0.6) is 5.75 Å². The minimum Gasteiger partial charge on any atom is -0.479 e. The molecule has 0 spiro atoms. The molecular formula is C14H17NO5. The van der Waals surface area contributed by atoms with Crippen molar-refractivity contribution in [2.24, 2.45) is 0 Å². The maximum absolute atomic E-state index is 12.2. The van der Waals surface area contributed by atoms with Gasteiger partial charge >= 0.3 is 5.97 Å². The Labute approximate surface area is 116 Å². The number of rotatable bonds is 4. The molecule has 0 saturated heterocycles. The molecule has 1 aromatic carbocycles. The Kier molecular flexibility index (Phi) is 4.24. The number of hydrogen-bond donors (Lipinski definition) is 1. The third kappa shape index (κ3) is 2.75. The van der Waals surface area contributed by atoms with E-state index < -0.39 is 12.1 Å². The summed E-state index contributed by atoms with van der Waals surface area (Å²) in [5.41, 5.74) is 1.12. The molecule has 0 fully saturated rings. The van der Waals surface area contributed by atoms with Crippen molar-refractivity contribution in [2.45, 2.75) is 26.6 Å². The van der Waals surface area contributed by atoms with Gasteiger partial charge in [-0.25, -0.2) is 0 Å². The van der Waals surface area contributed by atoms with Crippen molar-refractivity contribution in [3.63, 3.8) is 0 Å². The number of carbonyl (C=O) groups is 2. The molecule has 1 atom stereocenters. The third-order valence-electron chi connectivity index (χ3n) is 3.01. The molecule has 20 heavy (non-hydrogen) atoms. The van der Waals surface area contributed by atoms with Gasteiger partial charge in [0, 0.05) is 0 Å². The maximum atomic E-state index is 12.2. The van der Waals surface area contributed by atoms with Gasteiger partial charge < -0.3 is 14.6 Å². The number of carbonyl (C=O) groups excluding carboxylic acids is 2. The number of anilines is 1. The van der Waals surface area contributed by atoms with Crippen molar-refractivity contribution < 1.29 is 24.2 Å². The van der Waals surface area contributed by atoms with Gasteiger partial charge in [0.2, 0.25) is 0 Å². The summed E-state index contributed by atoms with van der Waals surface area (Å²) in [5.74, 6) is -0.269. The van der Waals surface area contributed by atoms with Crippen LogP contribution in [0.15, 0.2) is 18.2 Å². The largest absolute Gasteiger partial charge is 0.479 e. The van der Waals surface area contributed by atoms with E-state index in [9.17, 15) is 14.7 Å². The van der Waals surface area contributed by atoms with Gasteiger partial charge in [-0.15, -0.1) is 0 Å². The lowest BCUT2D eigenvalue weighted by Gasteiger charge is -2.32. The number of ether oxygens (including phenoxy) is 2. The Morgan fingerprint density at radius 2 is 2.25 bits per heavy atom. The molecule has 1 amide bonds. The maximum Gasteiger partial charge on any atom is 0.326 e. The van der Waals surface area contributed by atoms with Crippen molar-refractivity contribution >= 4 is 17.6 Å². The summed E-state index contributed by atoms with van der Waals surface area (Å²) in [7, 11) is 0. The Bertz CT molecular complexity index is 528. The molecule has 0 saturated carbocycles. The fourth-order valence-corrected chi connectivity index (χ4v) is 2.05. The highest BCUT2D eigenvalue weighted by atomic mass is 16.5. The minimum absolute atomic E-state index is 0.149. The summed E-state index contributed by atoms with van der Waals surface area (Å²) >= 11 is 0. The molecule has 1 aliphatic rings. The fourth-order valence-electron chi connectivity index (χ4n) is 2.05. The zero-order chi connectivity index (χ0) is 14.7. The van der Waals surface area contributed by atoms with Crippen molar-refractivity contribution in [2.75, 3.05) is 18.1 Å². The van der Waals surface area contributed by atoms with E-state index in [0.717, 1.165) is 0 Å². The highest BCUT2D eigenvalue weighted by molar-refractivity contribution is 6.03. The van der Waals surface area contributed by atoms with Crippen LogP contribution in [0.1, 0.15) is 19.4 Å². The second kappa shape index (κ2) is 5.92. The van der Waals surface area contributed by atoms with Crippen LogP contribution in [0.3, 0.4) is 0 Å². The summed E-state index contributed by atoms with van der Waals surface area (Å²) < 4.78 is 10.4. The second-order valence-corrected chi connectivity index (χ2v) is 4.45. The molecule has 1 unspecified atom stereocenters. The number of amides is 1. The third-order valence-corrected chi connectivity index (χ3v) is 3.01. The van der Waals surface area contributed by atoms with Crippen LogP contribution in [-0.2, 0) is 20.9 Å². The molecule has 1 heterocycles. The lowest BCUT2D eigenvalue weighted by atomic mass is 10.1. The SMILES string of the molecule is CCOC(=O)CN1C(=O)C(C)Oc2ccc(CO)cc21. The van der Waals surface area contributed by atoms with E-state index in [-0.39, 0.29) is 25.7 Å². The molecule has 0 aliphatic carbocycles. The highest BCUT2D eigenvalue weighted by Gasteiger charge is 2.33. The summed E-state index contributed by atoms with van der Waals surface area (Å²) in [6.07, 6.45) is -0.656. The summed E-state index contributed by atoms with van der Waals surface area (Å²) in [6, 6.07) is 5.03. The van der Waals surface area contributed by atoms with Gasteiger partial charge in [-0.2, -0.15) is 0 Å². The highest BCUT2D eigenvalue weighted by Crippen LogP contribution is 2.34. The molecule has 1 N–H and O–H groups in total. The first-order chi connectivity index (χ1) is 9.56. The normalized spacial score (nSPS) is 17.4. The molecule has 6 heteroatoms. The average Bonchev–Trinajstić information content (AvgIpc) is 2.44. The van der Waals surface area contributed by atoms with Crippen LogP contribution in [0, 0.1) is 0 Å². The standard InChI is InChI=1S/C14H17NO5/c1-3-19-13(17)7-15-11-6-10(8-16)4-5-12(11)20-9(2)14(15)18/h4-6,9,16H,3,7-8H2,1-2H3. The zero-order valence-corrected chi connectivity index (χ0v) is 11.5. The van der Waals surface area contributed by atoms with Crippen LogP contribution in [0.4, 0.5) is 5.69 Å². The zero-order valence-electron chi connectivity index (χ0n) is 11.5. The van der Waals surface area contributed by atoms with E-state index >= 15 is 0 Å². The Hall–Kier alpha value is -2.08. The molecule has 6 nitrogen and oxygen atoms in total. The van der Waals surface area contributed by atoms with E-state index in [2.05, 4.69) is 0 Å². The monoisotopic (exact) mass is 279 g/mol. The molecule has 0 radical (unpaired) electrons. The number of esters is 1. The van der Waals surface area contributed by atoms with Gasteiger partial charge in [0.1, 0.15) is 12.3 Å². The molecular weight excluding hydrogens is 262 g/mol. The Morgan fingerprint density at radius 3 is 2.90 bits per heavy atom. The van der Waals surface area contributed by atoms with E-state index in [1.54, 1.807) is 32.0 Å². The summed E-state index contributed by atoms with van der Waals surface area (Å²) in [4.78, 5) is 25.1. The van der Waals surface area contributed by atoms with Crippen molar-refractivity contribution in [3.05, 3.63) is 23.8 Å². The van der Waals surface area contributed by atoms with Gasteiger partial charge in [0.25, 0.3) is 5.91 Å². The lowest BCUT2D eigenvalue weighted by molar-refractivity contribution is -0.143. The Balaban J connectivity index is 2.34. The molecule has 1 aliphatic heterocycles. The lowest BCUT2D eigenvalue weighted by Crippen LogP contribution is -2.47. The predicted octanol–water partition coefficient (Wildman–Crippen LogP) is 0.856. The first kappa shape index (κ1) is 14.3. The quantitative estimate of drug-likeness (QED) is 0.827. The van der Waals surface area contributed by atoms with Gasteiger partial charge in [0.15, 0.2) is 6.10 Å². The number of fused-ring (bicyclic) bond motifs is 1. The smallest absolute Gasteiger partial charge is 0.326 e. The van der Waals surface area contributed by atoms with E-state index in [4.69, 9.17) is 9.47 Å². The summed E-state index contributed by atoms with van der Waals surface area (Å²) in [6.45, 7) is 3.28. The summed E-state index contributed by atoms with van der Waals surface area (Å²) in [5, 5.41) is 9.17. The molecule has 2 rings (SSSR count). The van der Waals surface area contributed by atoms with E-state index in [1.165, 1.54) is 4.90 Å². The van der Waals surface area contributed by atoms with Crippen LogP contribution >= 0.6 is 0 Å². The molecule has 0 bridgehead atoms. The molecule has 0 aromatic heterocycles. The van der Waals surface area contributed by atoms with Crippen LogP contribution < -0.4 is 9.64 Å². The van der Waals surface area contributed by atoms with Gasteiger partial charge in [-0.1, -0.05) is 6.07 Å². The van der Waals surface area contributed by atoms with Gasteiger partial charge in [0.05, 0.1) is 18.9 Å². The first-order valence-electron chi connectivity index (χ1n) is 6.44. The van der Waals surface area contributed by atoms with Crippen molar-refractivity contribution in [1.82, 2.24) is 0 Å². The fraction of sp³-hybridized carbons (Fsp3) is 0.429. The topological polar surface area (TPSA) is 76.1 Å². The number of hydrogen-bond acceptors (Lipinski definition) is 5. The number of aliphatic hydroxyl groups excluding tert-OH is 1. The van der Waals surface area contributed by atoms with E-state index in [1.807, 2.05) is 0 Å². The minimum atomic E-state index is -0.656. The van der Waals surface area contributed by atoms with Crippen molar-refractivity contribution in [1.29, 1.82) is 0 Å². The predicted molar refractivity (Wildman–Crippen MR) is 71.4 cm³/mol. The average molecular weight is 279 g/mol. The Morgan fingerprint density at radius 1 is 1.50 bits per heavy atom. The van der Waals surface area contributed by atoms with Gasteiger partial charge in [-0.05, 0) is 31.5 Å².